The summed E-state index contributed by atoms with van der Waals surface area (Å²) in [7, 11) is 0. The summed E-state index contributed by atoms with van der Waals surface area (Å²) < 4.78 is 0. The molecule has 10 heavy (non-hydrogen) atoms. The van der Waals surface area contributed by atoms with Crippen LogP contribution in [0.15, 0.2) is 30.3 Å². The molecule has 1 rings (SSSR count). The summed E-state index contributed by atoms with van der Waals surface area (Å²) >= 11 is 2.90. The molecule has 0 spiro atoms. The van der Waals surface area contributed by atoms with Crippen LogP contribution in [-0.2, 0) is 5.32 Å². The van der Waals surface area contributed by atoms with Gasteiger partial charge in [0.25, 0.3) is 0 Å². The normalized spacial score (nSPS) is 8.60. The van der Waals surface area contributed by atoms with Crippen molar-refractivity contribution in [3.05, 3.63) is 35.9 Å². The van der Waals surface area contributed by atoms with E-state index < -0.39 is 0 Å². The first-order valence-corrected chi connectivity index (χ1v) is 8.26. The Kier molecular flexibility index (Phi) is 7.34. The molecule has 0 radical (unpaired) electrons. The number of benzene rings is 1. The summed E-state index contributed by atoms with van der Waals surface area (Å²) in [4.78, 5) is 0. The second-order valence-electron chi connectivity index (χ2n) is 1.83. The topological polar surface area (TPSA) is 0 Å². The van der Waals surface area contributed by atoms with Gasteiger partial charge in [-0.3, -0.25) is 0 Å². The van der Waals surface area contributed by atoms with Crippen LogP contribution in [0.3, 0.4) is 0 Å². The molecule has 0 unspecified atom stereocenters. The van der Waals surface area contributed by atoms with Crippen LogP contribution in [0, 0.1) is 0 Å². The van der Waals surface area contributed by atoms with Gasteiger partial charge >= 0.3 is 72.6 Å². The van der Waals surface area contributed by atoms with Crippen molar-refractivity contribution in [2.75, 3.05) is 0 Å². The van der Waals surface area contributed by atoms with Crippen molar-refractivity contribution < 1.29 is 17.0 Å². The molecule has 0 bridgehead atoms. The van der Waals surface area contributed by atoms with E-state index in [0.29, 0.717) is 0 Å². The SMILES string of the molecule is [Br-].[Mg+][Se]Cc1ccccc1. The Morgan fingerprint density at radius 3 is 2.30 bits per heavy atom. The van der Waals surface area contributed by atoms with Gasteiger partial charge < -0.3 is 17.0 Å². The summed E-state index contributed by atoms with van der Waals surface area (Å²) in [6.07, 6.45) is 0. The first-order valence-electron chi connectivity index (χ1n) is 2.84. The molecule has 0 saturated heterocycles. The number of hydrogen-bond acceptors (Lipinski definition) is 0. The van der Waals surface area contributed by atoms with Gasteiger partial charge in [-0.05, 0) is 0 Å². The molecule has 3 heteroatoms. The molecule has 0 aliphatic heterocycles. The Bertz CT molecular complexity index is 167. The van der Waals surface area contributed by atoms with Gasteiger partial charge in [-0.25, -0.2) is 0 Å². The molecule has 1 aromatic carbocycles. The van der Waals surface area contributed by atoms with Gasteiger partial charge in [-0.15, -0.1) is 0 Å². The van der Waals surface area contributed by atoms with Gasteiger partial charge in [0.1, 0.15) is 0 Å². The second kappa shape index (κ2) is 6.68. The number of halogens is 1. The summed E-state index contributed by atoms with van der Waals surface area (Å²) in [5.41, 5.74) is 1.48. The van der Waals surface area contributed by atoms with E-state index in [9.17, 15) is 0 Å². The minimum atomic E-state index is 0. The van der Waals surface area contributed by atoms with Gasteiger partial charge in [0, 0.05) is 0 Å². The fourth-order valence-corrected chi connectivity index (χ4v) is 2.82. The molecule has 0 saturated carbocycles. The minimum absolute atomic E-state index is 0. The van der Waals surface area contributed by atoms with Crippen LogP contribution in [0.25, 0.3) is 0 Å². The molecule has 0 aliphatic carbocycles. The van der Waals surface area contributed by atoms with E-state index >= 15 is 0 Å². The van der Waals surface area contributed by atoms with Crippen molar-refractivity contribution in [2.24, 2.45) is 0 Å². The predicted molar refractivity (Wildman–Crippen MR) is 41.7 cm³/mol. The van der Waals surface area contributed by atoms with Crippen LogP contribution < -0.4 is 17.0 Å². The molecule has 1 aromatic rings. The van der Waals surface area contributed by atoms with Crippen molar-refractivity contribution in [2.45, 2.75) is 5.32 Å². The number of hydrogen-bond donors (Lipinski definition) is 0. The van der Waals surface area contributed by atoms with Crippen molar-refractivity contribution in [3.63, 3.8) is 0 Å². The van der Waals surface area contributed by atoms with Gasteiger partial charge in [-0.1, -0.05) is 0 Å². The fourth-order valence-electron chi connectivity index (χ4n) is 0.692. The zero-order valence-corrected chi connectivity index (χ0v) is 10.3. The van der Waals surface area contributed by atoms with E-state index in [1.54, 1.807) is 0 Å². The van der Waals surface area contributed by atoms with Gasteiger partial charge in [0.05, 0.1) is 0 Å². The molecular weight excluding hydrogens is 267 g/mol. The van der Waals surface area contributed by atoms with Crippen LogP contribution in [0.1, 0.15) is 5.56 Å². The van der Waals surface area contributed by atoms with Crippen molar-refractivity contribution in [3.8, 4) is 0 Å². The average Bonchev–Trinajstić information content (AvgIpc) is 1.91. The molecule has 0 amide bonds. The molecule has 0 fully saturated rings. The Morgan fingerprint density at radius 2 is 1.80 bits per heavy atom. The zero-order chi connectivity index (χ0) is 6.53. The van der Waals surface area contributed by atoms with E-state index in [1.165, 1.54) is 10.9 Å². The maximum absolute atomic E-state index is 2.19. The Balaban J connectivity index is 0.000000810. The standard InChI is InChI=1S/C7H8Se.BrH.Mg/c8-6-7-4-2-1-3-5-7;;/h1-5,8H,6H2;1H;/q;;+2/p-2. The van der Waals surface area contributed by atoms with E-state index in [4.69, 9.17) is 0 Å². The average molecular weight is 274 g/mol. The van der Waals surface area contributed by atoms with E-state index in [0.717, 1.165) is 11.9 Å². The molecule has 50 valence electrons. The third-order valence-corrected chi connectivity index (χ3v) is 3.30. The molecule has 0 aromatic heterocycles. The Morgan fingerprint density at radius 1 is 1.20 bits per heavy atom. The predicted octanol–water partition coefficient (Wildman–Crippen LogP) is -2.02. The van der Waals surface area contributed by atoms with Gasteiger partial charge in [0.2, 0.25) is 0 Å². The third-order valence-electron chi connectivity index (χ3n) is 1.11. The first kappa shape index (κ1) is 11.0. The molecule has 0 N–H and O–H groups in total. The van der Waals surface area contributed by atoms with Crippen molar-refractivity contribution in [1.82, 2.24) is 0 Å². The molecular formula is C7H7BrMgSe. The summed E-state index contributed by atoms with van der Waals surface area (Å²) in [5.74, 6) is 0. The quantitative estimate of drug-likeness (QED) is 0.546. The first-order chi connectivity index (χ1) is 4.43. The van der Waals surface area contributed by atoms with Crippen LogP contribution in [0.4, 0.5) is 0 Å². The van der Waals surface area contributed by atoms with E-state index in [2.05, 4.69) is 49.8 Å². The van der Waals surface area contributed by atoms with Crippen molar-refractivity contribution >= 4 is 31.4 Å². The second-order valence-corrected chi connectivity index (χ2v) is 5.42. The van der Waals surface area contributed by atoms with Gasteiger partial charge in [0.15, 0.2) is 0 Å². The monoisotopic (exact) mass is 274 g/mol. The maximum atomic E-state index is 2.19. The van der Waals surface area contributed by atoms with Crippen molar-refractivity contribution in [1.29, 1.82) is 0 Å². The zero-order valence-electron chi connectivity index (χ0n) is 5.59. The van der Waals surface area contributed by atoms with Crippen LogP contribution in [0.5, 0.6) is 0 Å². The molecule has 0 aliphatic rings. The van der Waals surface area contributed by atoms with Crippen LogP contribution in [0.2, 0.25) is 0 Å². The van der Waals surface area contributed by atoms with E-state index in [-0.39, 0.29) is 17.0 Å². The molecule has 0 atom stereocenters. The third kappa shape index (κ3) is 3.99. The Hall–Kier alpha value is 0.986. The van der Waals surface area contributed by atoms with Crippen LogP contribution >= 0.6 is 0 Å². The fraction of sp³-hybridized carbons (Fsp3) is 0.143. The summed E-state index contributed by atoms with van der Waals surface area (Å²) in [6, 6.07) is 10.6. The molecule has 0 nitrogen and oxygen atoms in total. The summed E-state index contributed by atoms with van der Waals surface area (Å²) in [5, 5.41) is 1.28. The molecule has 0 heterocycles. The van der Waals surface area contributed by atoms with Gasteiger partial charge in [-0.2, -0.15) is 0 Å². The van der Waals surface area contributed by atoms with E-state index in [1.807, 2.05) is 0 Å². The Labute approximate surface area is 88.9 Å². The number of rotatable bonds is 2. The van der Waals surface area contributed by atoms with Crippen LogP contribution in [-0.4, -0.2) is 31.4 Å². The summed E-state index contributed by atoms with van der Waals surface area (Å²) in [6.45, 7) is 0.